The minimum atomic E-state index is -0.0224. The molecule has 0 aliphatic rings. The average Bonchev–Trinajstić information content (AvgIpc) is 2.89. The van der Waals surface area contributed by atoms with Crippen molar-refractivity contribution < 1.29 is 9.90 Å². The van der Waals surface area contributed by atoms with E-state index in [0.29, 0.717) is 0 Å². The first-order chi connectivity index (χ1) is 9.19. The summed E-state index contributed by atoms with van der Waals surface area (Å²) >= 11 is 1.65. The summed E-state index contributed by atoms with van der Waals surface area (Å²) in [5.41, 5.74) is 0.818. The Labute approximate surface area is 116 Å². The lowest BCUT2D eigenvalue weighted by molar-refractivity contribution is -0.121. The van der Waals surface area contributed by atoms with Gasteiger partial charge < -0.3 is 10.4 Å². The zero-order valence-electron chi connectivity index (χ0n) is 10.8. The topological polar surface area (TPSA) is 49.3 Å². The molecule has 0 radical (unpaired) electrons. The number of hydrogen-bond acceptors (Lipinski definition) is 3. The molecule has 1 heterocycles. The van der Waals surface area contributed by atoms with Gasteiger partial charge in [-0.15, -0.1) is 11.3 Å². The smallest absolute Gasteiger partial charge is 0.224 e. The van der Waals surface area contributed by atoms with E-state index < -0.39 is 0 Å². The van der Waals surface area contributed by atoms with E-state index in [1.165, 1.54) is 4.88 Å². The predicted octanol–water partition coefficient (Wildman–Crippen LogP) is 3.26. The van der Waals surface area contributed by atoms with Gasteiger partial charge in [0.15, 0.2) is 0 Å². The van der Waals surface area contributed by atoms with Crippen molar-refractivity contribution in [1.82, 2.24) is 5.32 Å². The van der Waals surface area contributed by atoms with Crippen LogP contribution in [0.3, 0.4) is 0 Å². The molecule has 19 heavy (non-hydrogen) atoms. The molecule has 1 amide bonds. The van der Waals surface area contributed by atoms with E-state index in [2.05, 4.69) is 12.2 Å². The number of carbonyl (C=O) groups excluding carboxylic acids is 1. The third-order valence-electron chi connectivity index (χ3n) is 2.91. The molecule has 1 aromatic carbocycles. The van der Waals surface area contributed by atoms with E-state index in [-0.39, 0.29) is 24.1 Å². The van der Waals surface area contributed by atoms with E-state index in [0.717, 1.165) is 12.0 Å². The Morgan fingerprint density at radius 3 is 2.84 bits per heavy atom. The molecule has 0 aliphatic carbocycles. The quantitative estimate of drug-likeness (QED) is 0.880. The first kappa shape index (κ1) is 13.6. The third-order valence-corrected chi connectivity index (χ3v) is 3.89. The van der Waals surface area contributed by atoms with Crippen LogP contribution in [0.25, 0.3) is 0 Å². The van der Waals surface area contributed by atoms with Crippen molar-refractivity contribution in [3.63, 3.8) is 0 Å². The van der Waals surface area contributed by atoms with Gasteiger partial charge in [-0.1, -0.05) is 25.1 Å². The second kappa shape index (κ2) is 6.38. The van der Waals surface area contributed by atoms with Crippen molar-refractivity contribution in [3.05, 3.63) is 52.2 Å². The summed E-state index contributed by atoms with van der Waals surface area (Å²) in [6.07, 6.45) is 1.16. The van der Waals surface area contributed by atoms with Crippen LogP contribution in [0.4, 0.5) is 0 Å². The molecule has 1 unspecified atom stereocenters. The van der Waals surface area contributed by atoms with Gasteiger partial charge in [-0.2, -0.15) is 0 Å². The van der Waals surface area contributed by atoms with E-state index in [1.54, 1.807) is 29.5 Å². The number of rotatable bonds is 5. The molecule has 3 nitrogen and oxygen atoms in total. The summed E-state index contributed by atoms with van der Waals surface area (Å²) < 4.78 is 0. The number of benzene rings is 1. The number of amides is 1. The zero-order valence-corrected chi connectivity index (χ0v) is 11.6. The van der Waals surface area contributed by atoms with Crippen LogP contribution in [-0.4, -0.2) is 11.0 Å². The summed E-state index contributed by atoms with van der Waals surface area (Å²) in [5, 5.41) is 14.4. The van der Waals surface area contributed by atoms with Crippen LogP contribution in [0.2, 0.25) is 0 Å². The number of phenolic OH excluding ortho intramolecular Hbond substituents is 1. The molecule has 2 N–H and O–H groups in total. The van der Waals surface area contributed by atoms with Crippen molar-refractivity contribution in [2.24, 2.45) is 0 Å². The van der Waals surface area contributed by atoms with Gasteiger partial charge in [0, 0.05) is 4.88 Å². The number of carbonyl (C=O) groups is 1. The summed E-state index contributed by atoms with van der Waals surface area (Å²) in [6, 6.07) is 10.9. The van der Waals surface area contributed by atoms with Crippen molar-refractivity contribution in [1.29, 1.82) is 0 Å². The molecule has 0 fully saturated rings. The number of aromatic hydroxyl groups is 1. The van der Waals surface area contributed by atoms with Crippen LogP contribution in [0, 0.1) is 0 Å². The molecule has 2 aromatic rings. The first-order valence-corrected chi connectivity index (χ1v) is 7.17. The second-order valence-electron chi connectivity index (χ2n) is 4.39. The van der Waals surface area contributed by atoms with Gasteiger partial charge in [0.1, 0.15) is 5.75 Å². The molecule has 100 valence electrons. The van der Waals surface area contributed by atoms with Gasteiger partial charge >= 0.3 is 0 Å². The Morgan fingerprint density at radius 2 is 2.21 bits per heavy atom. The van der Waals surface area contributed by atoms with Crippen LogP contribution in [0.15, 0.2) is 41.8 Å². The standard InChI is InChI=1S/C15H17NO2S/c1-2-13(14-7-4-8-19-14)16-15(18)10-11-5-3-6-12(17)9-11/h3-9,13,17H,2,10H2,1H3,(H,16,18). The fourth-order valence-electron chi connectivity index (χ4n) is 1.96. The van der Waals surface area contributed by atoms with Gasteiger partial charge in [-0.3, -0.25) is 4.79 Å². The van der Waals surface area contributed by atoms with E-state index in [9.17, 15) is 9.90 Å². The van der Waals surface area contributed by atoms with Gasteiger partial charge in [-0.05, 0) is 35.6 Å². The second-order valence-corrected chi connectivity index (χ2v) is 5.37. The summed E-state index contributed by atoms with van der Waals surface area (Å²) in [4.78, 5) is 13.2. The molecule has 1 aromatic heterocycles. The van der Waals surface area contributed by atoms with Gasteiger partial charge in [0.25, 0.3) is 0 Å². The SMILES string of the molecule is CCC(NC(=O)Cc1cccc(O)c1)c1cccs1. The minimum Gasteiger partial charge on any atom is -0.508 e. The van der Waals surface area contributed by atoms with Gasteiger partial charge in [0.05, 0.1) is 12.5 Å². The lowest BCUT2D eigenvalue weighted by Crippen LogP contribution is -2.28. The molecule has 4 heteroatoms. The molecule has 0 bridgehead atoms. The van der Waals surface area contributed by atoms with Gasteiger partial charge in [0.2, 0.25) is 5.91 Å². The van der Waals surface area contributed by atoms with Crippen molar-refractivity contribution in [2.75, 3.05) is 0 Å². The molecule has 0 spiro atoms. The summed E-state index contributed by atoms with van der Waals surface area (Å²) in [7, 11) is 0. The molecule has 0 saturated heterocycles. The Bertz CT molecular complexity index is 537. The van der Waals surface area contributed by atoms with E-state index in [1.807, 2.05) is 23.6 Å². The third kappa shape index (κ3) is 3.83. The summed E-state index contributed by atoms with van der Waals surface area (Å²) in [5.74, 6) is 0.168. The molecular weight excluding hydrogens is 258 g/mol. The number of thiophene rings is 1. The highest BCUT2D eigenvalue weighted by atomic mass is 32.1. The Balaban J connectivity index is 1.97. The van der Waals surface area contributed by atoms with Gasteiger partial charge in [-0.25, -0.2) is 0 Å². The lowest BCUT2D eigenvalue weighted by Gasteiger charge is -2.15. The maximum atomic E-state index is 12.0. The first-order valence-electron chi connectivity index (χ1n) is 6.29. The molecule has 0 aliphatic heterocycles. The lowest BCUT2D eigenvalue weighted by atomic mass is 10.1. The Hall–Kier alpha value is -1.81. The highest BCUT2D eigenvalue weighted by Crippen LogP contribution is 2.21. The maximum absolute atomic E-state index is 12.0. The number of hydrogen-bond donors (Lipinski definition) is 2. The molecule has 0 saturated carbocycles. The monoisotopic (exact) mass is 275 g/mol. The molecule has 1 atom stereocenters. The largest absolute Gasteiger partial charge is 0.508 e. The van der Waals surface area contributed by atoms with Crippen LogP contribution >= 0.6 is 11.3 Å². The fourth-order valence-corrected chi connectivity index (χ4v) is 2.82. The Morgan fingerprint density at radius 1 is 1.37 bits per heavy atom. The predicted molar refractivity (Wildman–Crippen MR) is 77.3 cm³/mol. The van der Waals surface area contributed by atoms with Crippen LogP contribution in [0.5, 0.6) is 5.75 Å². The van der Waals surface area contributed by atoms with Crippen LogP contribution < -0.4 is 5.32 Å². The number of phenols is 1. The van der Waals surface area contributed by atoms with Crippen LogP contribution in [0.1, 0.15) is 29.8 Å². The van der Waals surface area contributed by atoms with Crippen molar-refractivity contribution in [3.8, 4) is 5.75 Å². The average molecular weight is 275 g/mol. The Kier molecular flexibility index (Phi) is 4.58. The van der Waals surface area contributed by atoms with E-state index >= 15 is 0 Å². The highest BCUT2D eigenvalue weighted by Gasteiger charge is 2.13. The van der Waals surface area contributed by atoms with Crippen molar-refractivity contribution >= 4 is 17.2 Å². The van der Waals surface area contributed by atoms with E-state index in [4.69, 9.17) is 0 Å². The zero-order chi connectivity index (χ0) is 13.7. The number of nitrogens with one attached hydrogen (secondary N) is 1. The summed E-state index contributed by atoms with van der Waals surface area (Å²) in [6.45, 7) is 2.05. The normalized spacial score (nSPS) is 12.1. The maximum Gasteiger partial charge on any atom is 0.224 e. The molecule has 2 rings (SSSR count). The van der Waals surface area contributed by atoms with Crippen LogP contribution in [-0.2, 0) is 11.2 Å². The molecular formula is C15H17NO2S. The van der Waals surface area contributed by atoms with Crippen molar-refractivity contribution in [2.45, 2.75) is 25.8 Å². The fraction of sp³-hybridized carbons (Fsp3) is 0.267. The minimum absolute atomic E-state index is 0.0224. The highest BCUT2D eigenvalue weighted by molar-refractivity contribution is 7.10.